The number of hydrogen-bond acceptors (Lipinski definition) is 1. The Bertz CT molecular complexity index is 139. The zero-order chi connectivity index (χ0) is 8.43. The van der Waals surface area contributed by atoms with Crippen molar-refractivity contribution in [3.05, 3.63) is 0 Å². The standard InChI is InChI=1S/C7H9F3O/c8-5-1-4(3-11)2-6(9)7(5)10/h3-7H,1-2H2/t4?,5-,6?,7?/m1/s1. The number of carbonyl (C=O) groups is 1. The van der Waals surface area contributed by atoms with Crippen LogP contribution in [0.2, 0.25) is 0 Å². The quantitative estimate of drug-likeness (QED) is 0.541. The van der Waals surface area contributed by atoms with Crippen LogP contribution in [-0.2, 0) is 4.79 Å². The van der Waals surface area contributed by atoms with Gasteiger partial charge in [-0.2, -0.15) is 0 Å². The van der Waals surface area contributed by atoms with E-state index in [0.717, 1.165) is 0 Å². The van der Waals surface area contributed by atoms with Crippen molar-refractivity contribution in [3.8, 4) is 0 Å². The summed E-state index contributed by atoms with van der Waals surface area (Å²) in [4.78, 5) is 10.1. The van der Waals surface area contributed by atoms with Crippen molar-refractivity contribution in [1.82, 2.24) is 0 Å². The molecule has 0 aromatic heterocycles. The van der Waals surface area contributed by atoms with Gasteiger partial charge in [0.2, 0.25) is 0 Å². The fourth-order valence-electron chi connectivity index (χ4n) is 1.27. The number of halogens is 3. The Hall–Kier alpha value is -0.540. The largest absolute Gasteiger partial charge is 0.303 e. The Morgan fingerprint density at radius 1 is 1.09 bits per heavy atom. The summed E-state index contributed by atoms with van der Waals surface area (Å²) >= 11 is 0. The van der Waals surface area contributed by atoms with E-state index >= 15 is 0 Å². The van der Waals surface area contributed by atoms with Gasteiger partial charge in [0.25, 0.3) is 0 Å². The Morgan fingerprint density at radius 2 is 1.55 bits per heavy atom. The van der Waals surface area contributed by atoms with E-state index in [1.807, 2.05) is 0 Å². The van der Waals surface area contributed by atoms with Gasteiger partial charge in [0.05, 0.1) is 0 Å². The highest BCUT2D eigenvalue weighted by Crippen LogP contribution is 2.29. The molecule has 0 amide bonds. The lowest BCUT2D eigenvalue weighted by Crippen LogP contribution is -2.37. The smallest absolute Gasteiger partial charge is 0.162 e. The molecular weight excluding hydrogens is 157 g/mol. The number of aldehydes is 1. The average Bonchev–Trinajstić information content (AvgIpc) is 1.99. The molecule has 0 radical (unpaired) electrons. The van der Waals surface area contributed by atoms with Gasteiger partial charge >= 0.3 is 0 Å². The van der Waals surface area contributed by atoms with Crippen LogP contribution >= 0.6 is 0 Å². The minimum absolute atomic E-state index is 0.176. The molecule has 0 bridgehead atoms. The molecule has 1 fully saturated rings. The zero-order valence-electron chi connectivity index (χ0n) is 5.84. The van der Waals surface area contributed by atoms with Crippen LogP contribution in [0.1, 0.15) is 12.8 Å². The van der Waals surface area contributed by atoms with Crippen LogP contribution in [0.4, 0.5) is 13.2 Å². The molecule has 1 saturated carbocycles. The number of hydrogen-bond donors (Lipinski definition) is 0. The summed E-state index contributed by atoms with van der Waals surface area (Å²) < 4.78 is 37.4. The van der Waals surface area contributed by atoms with Crippen molar-refractivity contribution in [2.45, 2.75) is 31.4 Å². The topological polar surface area (TPSA) is 17.1 Å². The first kappa shape index (κ1) is 8.56. The van der Waals surface area contributed by atoms with E-state index in [1.165, 1.54) is 0 Å². The van der Waals surface area contributed by atoms with E-state index < -0.39 is 24.4 Å². The number of carbonyl (C=O) groups excluding carboxylic acids is 1. The zero-order valence-corrected chi connectivity index (χ0v) is 5.84. The molecule has 0 aromatic rings. The molecule has 3 unspecified atom stereocenters. The van der Waals surface area contributed by atoms with Gasteiger partial charge in [-0.05, 0) is 12.8 Å². The Kier molecular flexibility index (Phi) is 2.52. The van der Waals surface area contributed by atoms with E-state index in [9.17, 15) is 18.0 Å². The van der Waals surface area contributed by atoms with E-state index in [0.29, 0.717) is 6.29 Å². The predicted octanol–water partition coefficient (Wildman–Crippen LogP) is 1.61. The second-order valence-corrected chi connectivity index (χ2v) is 2.84. The molecule has 1 rings (SSSR count). The summed E-state index contributed by atoms with van der Waals surface area (Å²) in [6.07, 6.45) is -5.52. The third-order valence-corrected chi connectivity index (χ3v) is 1.94. The van der Waals surface area contributed by atoms with E-state index in [-0.39, 0.29) is 12.8 Å². The summed E-state index contributed by atoms with van der Waals surface area (Å²) in [6.45, 7) is 0. The minimum atomic E-state index is -2.04. The lowest BCUT2D eigenvalue weighted by atomic mass is 9.86. The van der Waals surface area contributed by atoms with Crippen molar-refractivity contribution in [2.24, 2.45) is 5.92 Å². The molecule has 0 N–H and O–H groups in total. The van der Waals surface area contributed by atoms with E-state index in [4.69, 9.17) is 0 Å². The van der Waals surface area contributed by atoms with E-state index in [1.54, 1.807) is 0 Å². The molecule has 64 valence electrons. The maximum absolute atomic E-state index is 12.5. The minimum Gasteiger partial charge on any atom is -0.303 e. The van der Waals surface area contributed by atoms with Crippen molar-refractivity contribution in [2.75, 3.05) is 0 Å². The highest BCUT2D eigenvalue weighted by molar-refractivity contribution is 5.54. The maximum atomic E-state index is 12.5. The van der Waals surface area contributed by atoms with Crippen LogP contribution in [0.15, 0.2) is 0 Å². The van der Waals surface area contributed by atoms with Crippen LogP contribution in [0, 0.1) is 5.92 Å². The molecule has 0 spiro atoms. The first-order chi connectivity index (χ1) is 5.15. The first-order valence-corrected chi connectivity index (χ1v) is 3.52. The van der Waals surface area contributed by atoms with Crippen LogP contribution in [0.3, 0.4) is 0 Å². The maximum Gasteiger partial charge on any atom is 0.162 e. The van der Waals surface area contributed by atoms with E-state index in [2.05, 4.69) is 0 Å². The molecule has 0 heterocycles. The average molecular weight is 166 g/mol. The van der Waals surface area contributed by atoms with Gasteiger partial charge < -0.3 is 4.79 Å². The molecule has 4 heteroatoms. The Labute approximate surface area is 62.6 Å². The van der Waals surface area contributed by atoms with Gasteiger partial charge in [0, 0.05) is 5.92 Å². The second kappa shape index (κ2) is 3.24. The highest BCUT2D eigenvalue weighted by Gasteiger charge is 2.38. The van der Waals surface area contributed by atoms with Crippen LogP contribution in [0.25, 0.3) is 0 Å². The third-order valence-electron chi connectivity index (χ3n) is 1.94. The van der Waals surface area contributed by atoms with Crippen molar-refractivity contribution in [1.29, 1.82) is 0 Å². The number of alkyl halides is 3. The van der Waals surface area contributed by atoms with Gasteiger partial charge in [0.15, 0.2) is 6.17 Å². The van der Waals surface area contributed by atoms with Crippen LogP contribution in [0.5, 0.6) is 0 Å². The molecule has 4 atom stereocenters. The molecule has 1 aliphatic rings. The van der Waals surface area contributed by atoms with Crippen molar-refractivity contribution in [3.63, 3.8) is 0 Å². The van der Waals surface area contributed by atoms with Gasteiger partial charge in [0.1, 0.15) is 18.6 Å². The van der Waals surface area contributed by atoms with Gasteiger partial charge in [-0.15, -0.1) is 0 Å². The summed E-state index contributed by atoms with van der Waals surface area (Å²) in [6, 6.07) is 0. The normalized spacial score (nSPS) is 45.4. The van der Waals surface area contributed by atoms with Gasteiger partial charge in [-0.25, -0.2) is 13.2 Å². The molecule has 11 heavy (non-hydrogen) atoms. The van der Waals surface area contributed by atoms with Crippen molar-refractivity contribution >= 4 is 6.29 Å². The van der Waals surface area contributed by atoms with Gasteiger partial charge in [-0.1, -0.05) is 0 Å². The summed E-state index contributed by atoms with van der Waals surface area (Å²) in [5, 5.41) is 0. The second-order valence-electron chi connectivity index (χ2n) is 2.84. The molecule has 0 aromatic carbocycles. The van der Waals surface area contributed by atoms with Crippen LogP contribution in [-0.4, -0.2) is 24.8 Å². The van der Waals surface area contributed by atoms with Crippen LogP contribution < -0.4 is 0 Å². The molecule has 0 aliphatic heterocycles. The Morgan fingerprint density at radius 3 is 1.91 bits per heavy atom. The monoisotopic (exact) mass is 166 g/mol. The summed E-state index contributed by atoms with van der Waals surface area (Å²) in [5.74, 6) is -0.646. The number of rotatable bonds is 1. The fourth-order valence-corrected chi connectivity index (χ4v) is 1.27. The fraction of sp³-hybridized carbons (Fsp3) is 0.857. The lowest BCUT2D eigenvalue weighted by molar-refractivity contribution is -0.114. The summed E-state index contributed by atoms with van der Waals surface area (Å²) in [7, 11) is 0. The Balaban J connectivity index is 2.54. The molecule has 0 saturated heterocycles. The lowest BCUT2D eigenvalue weighted by Gasteiger charge is -2.26. The predicted molar refractivity (Wildman–Crippen MR) is 33.5 cm³/mol. The SMILES string of the molecule is O=CC1CC(F)C(F)[C@H](F)C1. The first-order valence-electron chi connectivity index (χ1n) is 3.52. The molecule has 1 nitrogen and oxygen atoms in total. The highest BCUT2D eigenvalue weighted by atomic mass is 19.2. The molecular formula is C7H9F3O. The molecule has 1 aliphatic carbocycles. The van der Waals surface area contributed by atoms with Gasteiger partial charge in [-0.3, -0.25) is 0 Å². The third kappa shape index (κ3) is 1.73. The summed E-state index contributed by atoms with van der Waals surface area (Å²) in [5.41, 5.74) is 0. The van der Waals surface area contributed by atoms with Crippen molar-refractivity contribution < 1.29 is 18.0 Å².